The molecule has 2 aromatic carbocycles. The molecule has 0 saturated heterocycles. The lowest BCUT2D eigenvalue weighted by atomic mass is 10.2. The predicted octanol–water partition coefficient (Wildman–Crippen LogP) is 3.50. The summed E-state index contributed by atoms with van der Waals surface area (Å²) in [6, 6.07) is 17.8. The van der Waals surface area contributed by atoms with Gasteiger partial charge in [0.1, 0.15) is 12.3 Å². The zero-order valence-electron chi connectivity index (χ0n) is 17.6. The lowest BCUT2D eigenvalue weighted by Gasteiger charge is -2.14. The van der Waals surface area contributed by atoms with E-state index in [9.17, 15) is 14.4 Å². The van der Waals surface area contributed by atoms with Crippen LogP contribution in [0.1, 0.15) is 11.8 Å². The summed E-state index contributed by atoms with van der Waals surface area (Å²) in [6.45, 7) is 2.51. The Balaban J connectivity index is 1.62. The van der Waals surface area contributed by atoms with Gasteiger partial charge in [0, 0.05) is 17.1 Å². The van der Waals surface area contributed by atoms with Crippen LogP contribution in [0.5, 0.6) is 5.75 Å². The van der Waals surface area contributed by atoms with Gasteiger partial charge in [-0.3, -0.25) is 18.7 Å². The van der Waals surface area contributed by atoms with Gasteiger partial charge in [0.25, 0.3) is 5.56 Å². The van der Waals surface area contributed by atoms with Crippen molar-refractivity contribution in [3.63, 3.8) is 0 Å². The van der Waals surface area contributed by atoms with E-state index >= 15 is 0 Å². The van der Waals surface area contributed by atoms with E-state index < -0.39 is 5.69 Å². The van der Waals surface area contributed by atoms with Crippen molar-refractivity contribution in [1.82, 2.24) is 9.13 Å². The second-order valence-corrected chi connectivity index (χ2v) is 8.21. The van der Waals surface area contributed by atoms with Crippen molar-refractivity contribution in [1.29, 1.82) is 0 Å². The zero-order valence-corrected chi connectivity index (χ0v) is 18.4. The molecule has 1 amide bonds. The monoisotopic (exact) mass is 449 g/mol. The van der Waals surface area contributed by atoms with E-state index in [0.29, 0.717) is 35.4 Å². The summed E-state index contributed by atoms with van der Waals surface area (Å²) >= 11 is 1.58. The highest BCUT2D eigenvalue weighted by atomic mass is 32.1. The number of amides is 1. The number of ether oxygens (including phenoxy) is 1. The molecule has 1 N–H and O–H groups in total. The van der Waals surface area contributed by atoms with Crippen LogP contribution in [0.4, 0.5) is 5.69 Å². The lowest BCUT2D eigenvalue weighted by molar-refractivity contribution is -0.116. The van der Waals surface area contributed by atoms with E-state index in [0.717, 1.165) is 4.88 Å². The van der Waals surface area contributed by atoms with Gasteiger partial charge in [0.05, 0.1) is 17.5 Å². The number of aryl methyl sites for hydroxylation is 1. The van der Waals surface area contributed by atoms with Gasteiger partial charge in [-0.1, -0.05) is 18.2 Å². The molecule has 8 heteroatoms. The van der Waals surface area contributed by atoms with Crippen LogP contribution < -0.4 is 21.3 Å². The van der Waals surface area contributed by atoms with E-state index in [-0.39, 0.29) is 24.6 Å². The van der Waals surface area contributed by atoms with Crippen molar-refractivity contribution in [3.05, 3.63) is 91.8 Å². The van der Waals surface area contributed by atoms with Crippen LogP contribution in [-0.4, -0.2) is 21.6 Å². The van der Waals surface area contributed by atoms with E-state index in [1.54, 1.807) is 59.9 Å². The molecule has 0 aliphatic rings. The Morgan fingerprint density at radius 2 is 1.78 bits per heavy atom. The van der Waals surface area contributed by atoms with E-state index in [1.807, 2.05) is 24.4 Å². The Labute approximate surface area is 188 Å². The second kappa shape index (κ2) is 9.65. The summed E-state index contributed by atoms with van der Waals surface area (Å²) in [4.78, 5) is 40.0. The van der Waals surface area contributed by atoms with Gasteiger partial charge in [0.15, 0.2) is 0 Å². The third-order valence-corrected chi connectivity index (χ3v) is 5.98. The maximum Gasteiger partial charge on any atom is 0.331 e. The Kier molecular flexibility index (Phi) is 6.51. The molecule has 0 unspecified atom stereocenters. The van der Waals surface area contributed by atoms with Gasteiger partial charge in [-0.15, -0.1) is 11.3 Å². The van der Waals surface area contributed by atoms with Gasteiger partial charge in [-0.25, -0.2) is 4.79 Å². The van der Waals surface area contributed by atoms with Crippen LogP contribution >= 0.6 is 11.3 Å². The van der Waals surface area contributed by atoms with E-state index in [4.69, 9.17) is 4.74 Å². The topological polar surface area (TPSA) is 82.3 Å². The Morgan fingerprint density at radius 3 is 2.50 bits per heavy atom. The van der Waals surface area contributed by atoms with Crippen LogP contribution in [0.3, 0.4) is 0 Å². The molecule has 2 heterocycles. The molecule has 2 aromatic heterocycles. The van der Waals surface area contributed by atoms with Gasteiger partial charge in [-0.2, -0.15) is 0 Å². The SMILES string of the molecule is CCOc1ccc(NC(=O)Cn2c(=O)n(CCc3cccs3)c(=O)c3ccccc32)cc1. The smallest absolute Gasteiger partial charge is 0.331 e. The summed E-state index contributed by atoms with van der Waals surface area (Å²) in [5, 5.41) is 5.17. The molecule has 0 fully saturated rings. The maximum atomic E-state index is 13.2. The highest BCUT2D eigenvalue weighted by molar-refractivity contribution is 7.09. The fourth-order valence-electron chi connectivity index (χ4n) is 3.54. The molecule has 4 rings (SSSR count). The number of benzene rings is 2. The van der Waals surface area contributed by atoms with Crippen molar-refractivity contribution in [2.75, 3.05) is 11.9 Å². The first-order valence-electron chi connectivity index (χ1n) is 10.3. The first-order valence-corrected chi connectivity index (χ1v) is 11.2. The number of carbonyl (C=O) groups is 1. The molecule has 7 nitrogen and oxygen atoms in total. The number of nitrogens with one attached hydrogen (secondary N) is 1. The molecule has 32 heavy (non-hydrogen) atoms. The Bertz CT molecular complexity index is 1340. The first-order chi connectivity index (χ1) is 15.6. The van der Waals surface area contributed by atoms with Crippen LogP contribution in [-0.2, 0) is 24.3 Å². The number of rotatable bonds is 8. The fourth-order valence-corrected chi connectivity index (χ4v) is 4.24. The van der Waals surface area contributed by atoms with Gasteiger partial charge < -0.3 is 10.1 Å². The van der Waals surface area contributed by atoms with Crippen molar-refractivity contribution in [2.24, 2.45) is 0 Å². The fraction of sp³-hybridized carbons (Fsp3) is 0.208. The second-order valence-electron chi connectivity index (χ2n) is 7.18. The van der Waals surface area contributed by atoms with Gasteiger partial charge >= 0.3 is 5.69 Å². The zero-order chi connectivity index (χ0) is 22.5. The largest absolute Gasteiger partial charge is 0.494 e. The number of hydrogen-bond donors (Lipinski definition) is 1. The Hall–Kier alpha value is -3.65. The van der Waals surface area contributed by atoms with Crippen LogP contribution in [0.15, 0.2) is 75.6 Å². The molecule has 164 valence electrons. The number of anilines is 1. The molecular formula is C24H23N3O4S. The maximum absolute atomic E-state index is 13.2. The summed E-state index contributed by atoms with van der Waals surface area (Å²) in [6.07, 6.45) is 0.573. The van der Waals surface area contributed by atoms with E-state index in [1.165, 1.54) is 9.13 Å². The third-order valence-electron chi connectivity index (χ3n) is 5.04. The number of hydrogen-bond acceptors (Lipinski definition) is 5. The molecule has 0 aliphatic heterocycles. The van der Waals surface area contributed by atoms with Crippen LogP contribution in [0, 0.1) is 0 Å². The van der Waals surface area contributed by atoms with E-state index in [2.05, 4.69) is 5.32 Å². The van der Waals surface area contributed by atoms with Gasteiger partial charge in [-0.05, 0) is 61.2 Å². The lowest BCUT2D eigenvalue weighted by Crippen LogP contribution is -2.42. The average Bonchev–Trinajstić information content (AvgIpc) is 3.32. The minimum atomic E-state index is -0.493. The predicted molar refractivity (Wildman–Crippen MR) is 127 cm³/mol. The summed E-state index contributed by atoms with van der Waals surface area (Å²) < 4.78 is 7.98. The normalized spacial score (nSPS) is 10.9. The average molecular weight is 450 g/mol. The molecule has 0 atom stereocenters. The van der Waals surface area contributed by atoms with Crippen molar-refractivity contribution in [3.8, 4) is 5.75 Å². The number of thiophene rings is 1. The summed E-state index contributed by atoms with van der Waals surface area (Å²) in [5.41, 5.74) is 0.205. The molecule has 0 spiro atoms. The third kappa shape index (κ3) is 4.65. The number of para-hydroxylation sites is 1. The number of nitrogens with zero attached hydrogens (tertiary/aromatic N) is 2. The highest BCUT2D eigenvalue weighted by Crippen LogP contribution is 2.16. The minimum absolute atomic E-state index is 0.203. The first kappa shape index (κ1) is 21.6. The van der Waals surface area contributed by atoms with Gasteiger partial charge in [0.2, 0.25) is 5.91 Å². The summed E-state index contributed by atoms with van der Waals surface area (Å²) in [7, 11) is 0. The molecular weight excluding hydrogens is 426 g/mol. The number of carbonyl (C=O) groups excluding carboxylic acids is 1. The Morgan fingerprint density at radius 1 is 1.00 bits per heavy atom. The molecule has 0 bridgehead atoms. The standard InChI is InChI=1S/C24H23N3O4S/c1-2-31-18-11-9-17(10-12-18)25-22(28)16-27-21-8-4-3-7-20(21)23(29)26(24(27)30)14-13-19-6-5-15-32-19/h3-12,15H,2,13-14,16H2,1H3,(H,25,28). The number of fused-ring (bicyclic) bond motifs is 1. The molecule has 0 radical (unpaired) electrons. The highest BCUT2D eigenvalue weighted by Gasteiger charge is 2.15. The number of aromatic nitrogens is 2. The van der Waals surface area contributed by atoms with Crippen molar-refractivity contribution < 1.29 is 9.53 Å². The summed E-state index contributed by atoms with van der Waals surface area (Å²) in [5.74, 6) is 0.357. The quantitative estimate of drug-likeness (QED) is 0.446. The molecule has 0 aliphatic carbocycles. The van der Waals surface area contributed by atoms with Crippen LogP contribution in [0.25, 0.3) is 10.9 Å². The minimum Gasteiger partial charge on any atom is -0.494 e. The van der Waals surface area contributed by atoms with Crippen LogP contribution in [0.2, 0.25) is 0 Å². The molecule has 0 saturated carbocycles. The molecule has 4 aromatic rings. The van der Waals surface area contributed by atoms with Crippen molar-refractivity contribution >= 4 is 33.8 Å². The van der Waals surface area contributed by atoms with Crippen molar-refractivity contribution in [2.45, 2.75) is 26.4 Å².